The number of likely N-dealkylation sites (N-methyl/N-ethyl adjacent to an activating group) is 2. The summed E-state index contributed by atoms with van der Waals surface area (Å²) in [6.07, 6.45) is 0.716. The normalized spacial score (nSPS) is 19.0. The lowest BCUT2D eigenvalue weighted by atomic mass is 10.1. The van der Waals surface area contributed by atoms with E-state index in [-0.39, 0.29) is 24.2 Å². The number of hydrogen-bond donors (Lipinski definition) is 1. The maximum atomic E-state index is 12.3. The summed E-state index contributed by atoms with van der Waals surface area (Å²) in [5, 5.41) is 6.71. The van der Waals surface area contributed by atoms with Gasteiger partial charge in [-0.25, -0.2) is 0 Å². The summed E-state index contributed by atoms with van der Waals surface area (Å²) in [7, 11) is 3.59. The van der Waals surface area contributed by atoms with Gasteiger partial charge in [0.15, 0.2) is 5.82 Å². The Labute approximate surface area is 136 Å². The number of hydrogen-bond acceptors (Lipinski definition) is 6. The second-order valence-corrected chi connectivity index (χ2v) is 6.26. The van der Waals surface area contributed by atoms with Crippen LogP contribution in [0.4, 0.5) is 0 Å². The molecule has 0 aliphatic carbocycles. The molecule has 8 nitrogen and oxygen atoms in total. The van der Waals surface area contributed by atoms with Gasteiger partial charge in [-0.1, -0.05) is 19.0 Å². The van der Waals surface area contributed by atoms with Gasteiger partial charge in [-0.05, 0) is 7.05 Å². The van der Waals surface area contributed by atoms with Crippen molar-refractivity contribution in [3.63, 3.8) is 0 Å². The highest BCUT2D eigenvalue weighted by molar-refractivity contribution is 5.88. The van der Waals surface area contributed by atoms with Crippen LogP contribution >= 0.6 is 0 Å². The molecule has 1 atom stereocenters. The number of piperazine rings is 1. The van der Waals surface area contributed by atoms with E-state index in [2.05, 4.69) is 15.5 Å². The molecule has 2 rings (SSSR count). The summed E-state index contributed by atoms with van der Waals surface area (Å²) in [5.74, 6) is 1.25. The Balaban J connectivity index is 1.83. The minimum atomic E-state index is -0.392. The molecule has 2 amide bonds. The SMILES string of the molecule is CC(C)c1nc(CCN(C)C(=O)C[C@H]2C(=O)NCCN2C)no1. The third-order valence-corrected chi connectivity index (χ3v) is 4.04. The van der Waals surface area contributed by atoms with Crippen molar-refractivity contribution in [1.82, 2.24) is 25.3 Å². The van der Waals surface area contributed by atoms with E-state index >= 15 is 0 Å². The highest BCUT2D eigenvalue weighted by Gasteiger charge is 2.30. The van der Waals surface area contributed by atoms with Crippen LogP contribution in [0.1, 0.15) is 37.9 Å². The molecule has 0 saturated carbocycles. The number of rotatable bonds is 6. The molecule has 2 heterocycles. The van der Waals surface area contributed by atoms with Crippen LogP contribution in [0.25, 0.3) is 0 Å². The Bertz CT molecular complexity index is 557. The molecule has 0 bridgehead atoms. The van der Waals surface area contributed by atoms with E-state index in [9.17, 15) is 9.59 Å². The van der Waals surface area contributed by atoms with Crippen LogP contribution in [0, 0.1) is 0 Å². The van der Waals surface area contributed by atoms with E-state index in [1.54, 1.807) is 11.9 Å². The predicted octanol–water partition coefficient (Wildman–Crippen LogP) is 0.0142. The maximum Gasteiger partial charge on any atom is 0.237 e. The second-order valence-electron chi connectivity index (χ2n) is 6.26. The maximum absolute atomic E-state index is 12.3. The number of carbonyl (C=O) groups excluding carboxylic acids is 2. The van der Waals surface area contributed by atoms with Gasteiger partial charge < -0.3 is 14.7 Å². The molecule has 0 spiro atoms. The van der Waals surface area contributed by atoms with Gasteiger partial charge in [0.25, 0.3) is 0 Å². The van der Waals surface area contributed by atoms with E-state index < -0.39 is 6.04 Å². The quantitative estimate of drug-likeness (QED) is 0.793. The summed E-state index contributed by atoms with van der Waals surface area (Å²) in [5.41, 5.74) is 0. The Hall–Kier alpha value is -1.96. The van der Waals surface area contributed by atoms with Crippen LogP contribution in [0.3, 0.4) is 0 Å². The third kappa shape index (κ3) is 4.51. The van der Waals surface area contributed by atoms with Crippen molar-refractivity contribution in [1.29, 1.82) is 0 Å². The van der Waals surface area contributed by atoms with Crippen LogP contribution < -0.4 is 5.32 Å². The molecule has 8 heteroatoms. The molecule has 0 aromatic carbocycles. The molecular weight excluding hydrogens is 298 g/mol. The molecule has 1 aliphatic heterocycles. The summed E-state index contributed by atoms with van der Waals surface area (Å²) in [4.78, 5) is 32.0. The molecule has 23 heavy (non-hydrogen) atoms. The first-order chi connectivity index (χ1) is 10.9. The summed E-state index contributed by atoms with van der Waals surface area (Å²) in [6, 6.07) is -0.392. The van der Waals surface area contributed by atoms with Crippen molar-refractivity contribution in [3.8, 4) is 0 Å². The first-order valence-corrected chi connectivity index (χ1v) is 7.93. The van der Waals surface area contributed by atoms with Gasteiger partial charge in [0, 0.05) is 39.0 Å². The topological polar surface area (TPSA) is 91.6 Å². The van der Waals surface area contributed by atoms with Crippen molar-refractivity contribution in [3.05, 3.63) is 11.7 Å². The van der Waals surface area contributed by atoms with E-state index in [0.29, 0.717) is 31.2 Å². The van der Waals surface area contributed by atoms with Crippen LogP contribution in [0.15, 0.2) is 4.52 Å². The first-order valence-electron chi connectivity index (χ1n) is 7.93. The molecular formula is C15H25N5O3. The van der Waals surface area contributed by atoms with Crippen LogP contribution in [-0.4, -0.2) is 71.5 Å². The minimum absolute atomic E-state index is 0.0634. The number of nitrogens with zero attached hydrogens (tertiary/aromatic N) is 4. The van der Waals surface area contributed by atoms with Crippen LogP contribution in [0.2, 0.25) is 0 Å². The van der Waals surface area contributed by atoms with Gasteiger partial charge in [0.05, 0.1) is 12.5 Å². The average Bonchev–Trinajstić information content (AvgIpc) is 2.97. The zero-order valence-corrected chi connectivity index (χ0v) is 14.2. The van der Waals surface area contributed by atoms with E-state index in [1.807, 2.05) is 25.8 Å². The number of nitrogens with one attached hydrogen (secondary N) is 1. The smallest absolute Gasteiger partial charge is 0.237 e. The number of aromatic nitrogens is 2. The van der Waals surface area contributed by atoms with Crippen LogP contribution in [-0.2, 0) is 16.0 Å². The highest BCUT2D eigenvalue weighted by atomic mass is 16.5. The third-order valence-electron chi connectivity index (χ3n) is 4.04. The molecule has 1 aliphatic rings. The van der Waals surface area contributed by atoms with Crippen LogP contribution in [0.5, 0.6) is 0 Å². The summed E-state index contributed by atoms with van der Waals surface area (Å²) in [6.45, 7) is 5.85. The van der Waals surface area contributed by atoms with Gasteiger partial charge in [-0.15, -0.1) is 0 Å². The Kier molecular flexibility index (Phi) is 5.70. The predicted molar refractivity (Wildman–Crippen MR) is 83.8 cm³/mol. The fraction of sp³-hybridized carbons (Fsp3) is 0.733. The summed E-state index contributed by atoms with van der Waals surface area (Å²) >= 11 is 0. The van der Waals surface area contributed by atoms with Crippen molar-refractivity contribution in [2.24, 2.45) is 0 Å². The van der Waals surface area contributed by atoms with Crippen molar-refractivity contribution >= 4 is 11.8 Å². The fourth-order valence-corrected chi connectivity index (χ4v) is 2.39. The van der Waals surface area contributed by atoms with Crippen molar-refractivity contribution in [2.45, 2.75) is 38.6 Å². The summed E-state index contributed by atoms with van der Waals surface area (Å²) < 4.78 is 5.14. The van der Waals surface area contributed by atoms with Gasteiger partial charge in [-0.2, -0.15) is 4.98 Å². The largest absolute Gasteiger partial charge is 0.353 e. The van der Waals surface area contributed by atoms with Gasteiger partial charge >= 0.3 is 0 Å². The van der Waals surface area contributed by atoms with E-state index in [1.165, 1.54) is 0 Å². The van der Waals surface area contributed by atoms with E-state index in [0.717, 1.165) is 6.54 Å². The Morgan fingerprint density at radius 1 is 1.52 bits per heavy atom. The second kappa shape index (κ2) is 7.54. The van der Waals surface area contributed by atoms with E-state index in [4.69, 9.17) is 4.52 Å². The molecule has 1 N–H and O–H groups in total. The zero-order chi connectivity index (χ0) is 17.0. The standard InChI is InChI=1S/C15H25N5O3/c1-10(2)15-17-12(18-23-15)5-7-20(4)13(21)9-11-14(22)16-6-8-19(11)3/h10-11H,5-9H2,1-4H3,(H,16,22)/t11-/m0/s1. The zero-order valence-electron chi connectivity index (χ0n) is 14.2. The molecule has 1 aromatic rings. The van der Waals surface area contributed by atoms with Crippen molar-refractivity contribution in [2.75, 3.05) is 33.7 Å². The lowest BCUT2D eigenvalue weighted by molar-refractivity contribution is -0.137. The Morgan fingerprint density at radius 2 is 2.26 bits per heavy atom. The van der Waals surface area contributed by atoms with Gasteiger partial charge in [0.1, 0.15) is 0 Å². The van der Waals surface area contributed by atoms with Gasteiger partial charge in [-0.3, -0.25) is 14.5 Å². The monoisotopic (exact) mass is 323 g/mol. The Morgan fingerprint density at radius 3 is 2.87 bits per heavy atom. The first kappa shape index (κ1) is 17.4. The van der Waals surface area contributed by atoms with Crippen molar-refractivity contribution < 1.29 is 14.1 Å². The molecule has 0 radical (unpaired) electrons. The number of carbonyl (C=O) groups is 2. The average molecular weight is 323 g/mol. The number of amides is 2. The molecule has 1 aromatic heterocycles. The lowest BCUT2D eigenvalue weighted by Crippen LogP contribution is -2.55. The highest BCUT2D eigenvalue weighted by Crippen LogP contribution is 2.12. The molecule has 0 unspecified atom stereocenters. The van der Waals surface area contributed by atoms with Gasteiger partial charge in [0.2, 0.25) is 17.7 Å². The minimum Gasteiger partial charge on any atom is -0.353 e. The molecule has 1 saturated heterocycles. The molecule has 128 valence electrons. The fourth-order valence-electron chi connectivity index (χ4n) is 2.39. The lowest BCUT2D eigenvalue weighted by Gasteiger charge is -2.32. The molecule has 1 fully saturated rings.